The molecule has 1 amide bonds. The molecule has 0 bridgehead atoms. The number of anilines is 1. The first-order valence-electron chi connectivity index (χ1n) is 7.56. The van der Waals surface area contributed by atoms with E-state index < -0.39 is 0 Å². The van der Waals surface area contributed by atoms with Crippen molar-refractivity contribution in [2.45, 2.75) is 19.8 Å². The Morgan fingerprint density at radius 1 is 1.13 bits per heavy atom. The van der Waals surface area contributed by atoms with Crippen LogP contribution in [0, 0.1) is 12.7 Å². The zero-order chi connectivity index (χ0) is 16.7. The van der Waals surface area contributed by atoms with Crippen molar-refractivity contribution in [1.29, 1.82) is 0 Å². The minimum absolute atomic E-state index is 0.00812. The van der Waals surface area contributed by atoms with Crippen LogP contribution in [0.3, 0.4) is 0 Å². The third-order valence-corrected chi connectivity index (χ3v) is 3.74. The van der Waals surface area contributed by atoms with Gasteiger partial charge in [-0.2, -0.15) is 0 Å². The van der Waals surface area contributed by atoms with Crippen LogP contribution in [0.15, 0.2) is 42.5 Å². The number of amides is 1. The number of carbonyl (C=O) groups is 1. The van der Waals surface area contributed by atoms with Gasteiger partial charge in [0, 0.05) is 30.2 Å². The zero-order valence-corrected chi connectivity index (χ0v) is 13.8. The van der Waals surface area contributed by atoms with Gasteiger partial charge in [-0.3, -0.25) is 4.79 Å². The highest BCUT2D eigenvalue weighted by atomic mass is 35.5. The first-order valence-corrected chi connectivity index (χ1v) is 7.93. The predicted molar refractivity (Wildman–Crippen MR) is 92.4 cm³/mol. The van der Waals surface area contributed by atoms with Crippen LogP contribution < -0.4 is 10.6 Å². The molecule has 0 aliphatic heterocycles. The molecule has 2 rings (SSSR count). The summed E-state index contributed by atoms with van der Waals surface area (Å²) in [7, 11) is 0. The van der Waals surface area contributed by atoms with Crippen molar-refractivity contribution in [1.82, 2.24) is 5.32 Å². The summed E-state index contributed by atoms with van der Waals surface area (Å²) in [5, 5.41) is 6.79. The van der Waals surface area contributed by atoms with Crippen molar-refractivity contribution >= 4 is 23.2 Å². The Labute approximate surface area is 140 Å². The third kappa shape index (κ3) is 5.91. The minimum atomic E-state index is -0.249. The highest BCUT2D eigenvalue weighted by Gasteiger charge is 2.03. The first kappa shape index (κ1) is 17.3. The molecule has 0 saturated carbocycles. The van der Waals surface area contributed by atoms with Gasteiger partial charge in [-0.05, 0) is 54.8 Å². The average Bonchev–Trinajstić information content (AvgIpc) is 2.51. The Kier molecular flexibility index (Phi) is 6.41. The lowest BCUT2D eigenvalue weighted by molar-refractivity contribution is -0.120. The summed E-state index contributed by atoms with van der Waals surface area (Å²) in [6.07, 6.45) is 1.08. The molecule has 0 aliphatic rings. The van der Waals surface area contributed by atoms with E-state index in [-0.39, 0.29) is 11.7 Å². The van der Waals surface area contributed by atoms with Crippen LogP contribution in [0.25, 0.3) is 0 Å². The first-order chi connectivity index (χ1) is 11.0. The molecule has 2 aromatic rings. The van der Waals surface area contributed by atoms with Gasteiger partial charge in [0.1, 0.15) is 5.82 Å². The summed E-state index contributed by atoms with van der Waals surface area (Å²) >= 11 is 5.91. The Morgan fingerprint density at radius 2 is 1.87 bits per heavy atom. The molecule has 0 aliphatic carbocycles. The van der Waals surface area contributed by atoms with E-state index in [0.717, 1.165) is 16.8 Å². The number of carbonyl (C=O) groups excluding carboxylic acids is 1. The monoisotopic (exact) mass is 334 g/mol. The topological polar surface area (TPSA) is 41.1 Å². The Balaban J connectivity index is 1.66. The van der Waals surface area contributed by atoms with E-state index in [0.29, 0.717) is 31.0 Å². The average molecular weight is 335 g/mol. The highest BCUT2D eigenvalue weighted by molar-refractivity contribution is 6.30. The van der Waals surface area contributed by atoms with Gasteiger partial charge in [-0.15, -0.1) is 0 Å². The fourth-order valence-corrected chi connectivity index (χ4v) is 2.45. The normalized spacial score (nSPS) is 10.4. The number of aryl methyl sites for hydroxylation is 1. The quantitative estimate of drug-likeness (QED) is 0.805. The lowest BCUT2D eigenvalue weighted by Gasteiger charge is -2.10. The molecule has 0 unspecified atom stereocenters. The molecule has 2 aromatic carbocycles. The standard InChI is InChI=1S/C18H20ClFN2O/c1-13-12-15(19)4-7-17(13)21-11-9-18(23)22-10-8-14-2-5-16(20)6-3-14/h2-7,12,21H,8-11H2,1H3,(H,22,23). The van der Waals surface area contributed by atoms with E-state index in [1.807, 2.05) is 25.1 Å². The Hall–Kier alpha value is -2.07. The van der Waals surface area contributed by atoms with Crippen LogP contribution in [-0.2, 0) is 11.2 Å². The van der Waals surface area contributed by atoms with Crippen molar-refractivity contribution in [3.8, 4) is 0 Å². The lowest BCUT2D eigenvalue weighted by atomic mass is 10.1. The minimum Gasteiger partial charge on any atom is -0.384 e. The molecule has 2 N–H and O–H groups in total. The molecular formula is C18H20ClFN2O. The molecule has 23 heavy (non-hydrogen) atoms. The summed E-state index contributed by atoms with van der Waals surface area (Å²) in [5.74, 6) is -0.257. The van der Waals surface area contributed by atoms with E-state index in [1.54, 1.807) is 12.1 Å². The van der Waals surface area contributed by atoms with Crippen LogP contribution in [-0.4, -0.2) is 19.0 Å². The number of nitrogens with one attached hydrogen (secondary N) is 2. The number of benzene rings is 2. The summed E-state index contributed by atoms with van der Waals surface area (Å²) in [4.78, 5) is 11.8. The van der Waals surface area contributed by atoms with Crippen LogP contribution in [0.2, 0.25) is 5.02 Å². The number of hydrogen-bond acceptors (Lipinski definition) is 2. The maximum absolute atomic E-state index is 12.8. The van der Waals surface area contributed by atoms with E-state index >= 15 is 0 Å². The fourth-order valence-electron chi connectivity index (χ4n) is 2.22. The third-order valence-electron chi connectivity index (χ3n) is 3.51. The van der Waals surface area contributed by atoms with E-state index in [4.69, 9.17) is 11.6 Å². The fraction of sp³-hybridized carbons (Fsp3) is 0.278. The van der Waals surface area contributed by atoms with Gasteiger partial charge in [-0.25, -0.2) is 4.39 Å². The van der Waals surface area contributed by atoms with Crippen LogP contribution >= 0.6 is 11.6 Å². The molecule has 0 aromatic heterocycles. The maximum Gasteiger partial charge on any atom is 0.221 e. The molecule has 0 atom stereocenters. The molecule has 0 saturated heterocycles. The Morgan fingerprint density at radius 3 is 2.57 bits per heavy atom. The number of halogens is 2. The van der Waals surface area contributed by atoms with Crippen molar-refractivity contribution in [3.63, 3.8) is 0 Å². The second-order valence-electron chi connectivity index (χ2n) is 5.36. The largest absolute Gasteiger partial charge is 0.384 e. The maximum atomic E-state index is 12.8. The molecule has 0 radical (unpaired) electrons. The van der Waals surface area contributed by atoms with Gasteiger partial charge in [0.25, 0.3) is 0 Å². The van der Waals surface area contributed by atoms with Gasteiger partial charge in [0.2, 0.25) is 5.91 Å². The molecule has 0 spiro atoms. The predicted octanol–water partition coefficient (Wildman–Crippen LogP) is 3.95. The second-order valence-corrected chi connectivity index (χ2v) is 5.80. The number of hydrogen-bond donors (Lipinski definition) is 2. The Bertz CT molecular complexity index is 659. The van der Waals surface area contributed by atoms with E-state index in [2.05, 4.69) is 10.6 Å². The van der Waals surface area contributed by atoms with Gasteiger partial charge in [0.05, 0.1) is 0 Å². The lowest BCUT2D eigenvalue weighted by Crippen LogP contribution is -2.27. The molecule has 5 heteroatoms. The number of rotatable bonds is 7. The summed E-state index contributed by atoms with van der Waals surface area (Å²) in [6, 6.07) is 11.9. The zero-order valence-electron chi connectivity index (χ0n) is 13.0. The van der Waals surface area contributed by atoms with Crippen LogP contribution in [0.5, 0.6) is 0 Å². The molecule has 122 valence electrons. The van der Waals surface area contributed by atoms with Gasteiger partial charge in [-0.1, -0.05) is 23.7 Å². The highest BCUT2D eigenvalue weighted by Crippen LogP contribution is 2.19. The van der Waals surface area contributed by atoms with Gasteiger partial charge >= 0.3 is 0 Å². The molecule has 3 nitrogen and oxygen atoms in total. The molecular weight excluding hydrogens is 315 g/mol. The van der Waals surface area contributed by atoms with E-state index in [9.17, 15) is 9.18 Å². The van der Waals surface area contributed by atoms with Gasteiger partial charge in [0.15, 0.2) is 0 Å². The molecule has 0 heterocycles. The summed E-state index contributed by atoms with van der Waals surface area (Å²) in [5.41, 5.74) is 3.03. The second kappa shape index (κ2) is 8.53. The summed E-state index contributed by atoms with van der Waals surface area (Å²) in [6.45, 7) is 3.08. The van der Waals surface area contributed by atoms with Crippen molar-refractivity contribution in [3.05, 3.63) is 64.4 Å². The SMILES string of the molecule is Cc1cc(Cl)ccc1NCCC(=O)NCCc1ccc(F)cc1. The van der Waals surface area contributed by atoms with Crippen molar-refractivity contribution in [2.75, 3.05) is 18.4 Å². The smallest absolute Gasteiger partial charge is 0.221 e. The van der Waals surface area contributed by atoms with Crippen molar-refractivity contribution in [2.24, 2.45) is 0 Å². The van der Waals surface area contributed by atoms with Crippen LogP contribution in [0.4, 0.5) is 10.1 Å². The molecule has 0 fully saturated rings. The van der Waals surface area contributed by atoms with Gasteiger partial charge < -0.3 is 10.6 Å². The summed E-state index contributed by atoms with van der Waals surface area (Å²) < 4.78 is 12.8. The van der Waals surface area contributed by atoms with Crippen LogP contribution in [0.1, 0.15) is 17.5 Å². The van der Waals surface area contributed by atoms with E-state index in [1.165, 1.54) is 12.1 Å². The van der Waals surface area contributed by atoms with Crippen molar-refractivity contribution < 1.29 is 9.18 Å².